The molecular formula is C28H33N3O5. The Balaban J connectivity index is 1.43. The Morgan fingerprint density at radius 2 is 2.06 bits per heavy atom. The predicted octanol–water partition coefficient (Wildman–Crippen LogP) is 3.07. The molecule has 2 aliphatic rings. The van der Waals surface area contributed by atoms with Gasteiger partial charge in [0, 0.05) is 42.7 Å². The molecule has 5 rings (SSSR count). The van der Waals surface area contributed by atoms with Gasteiger partial charge >= 0.3 is 0 Å². The Labute approximate surface area is 210 Å². The van der Waals surface area contributed by atoms with Gasteiger partial charge in [0.25, 0.3) is 0 Å². The SMILES string of the molecule is COc1ccc2cc1OCCCN(C(=O)C1CCOC1)CC(=O)NCCc1c([nH]c3ccccc13)C2. The maximum atomic E-state index is 13.1. The number of carbonyl (C=O) groups excluding carboxylic acids is 2. The number of fused-ring (bicyclic) bond motifs is 5. The zero-order valence-corrected chi connectivity index (χ0v) is 20.7. The number of ether oxygens (including phenoxy) is 3. The lowest BCUT2D eigenvalue weighted by Crippen LogP contribution is -2.44. The molecule has 2 aromatic carbocycles. The third-order valence-corrected chi connectivity index (χ3v) is 6.96. The highest BCUT2D eigenvalue weighted by atomic mass is 16.5. The number of carbonyl (C=O) groups is 2. The summed E-state index contributed by atoms with van der Waals surface area (Å²) in [5.74, 6) is 0.993. The van der Waals surface area contributed by atoms with Crippen molar-refractivity contribution in [3.63, 3.8) is 0 Å². The number of nitrogens with zero attached hydrogens (tertiary/aromatic N) is 1. The van der Waals surface area contributed by atoms with Crippen molar-refractivity contribution in [1.82, 2.24) is 15.2 Å². The third kappa shape index (κ3) is 5.33. The van der Waals surface area contributed by atoms with Crippen molar-refractivity contribution in [2.45, 2.75) is 25.7 Å². The first kappa shape index (κ1) is 24.2. The van der Waals surface area contributed by atoms with E-state index in [1.54, 1.807) is 12.0 Å². The summed E-state index contributed by atoms with van der Waals surface area (Å²) in [6.07, 6.45) is 2.70. The van der Waals surface area contributed by atoms with Gasteiger partial charge in [-0.2, -0.15) is 0 Å². The first-order chi connectivity index (χ1) is 17.6. The van der Waals surface area contributed by atoms with Gasteiger partial charge in [-0.05, 0) is 48.6 Å². The quantitative estimate of drug-likeness (QED) is 0.575. The van der Waals surface area contributed by atoms with E-state index in [0.717, 1.165) is 22.2 Å². The Morgan fingerprint density at radius 1 is 1.17 bits per heavy atom. The summed E-state index contributed by atoms with van der Waals surface area (Å²) in [6, 6.07) is 14.2. The second-order valence-corrected chi connectivity index (χ2v) is 9.41. The monoisotopic (exact) mass is 491 g/mol. The van der Waals surface area contributed by atoms with Gasteiger partial charge < -0.3 is 29.4 Å². The van der Waals surface area contributed by atoms with Crippen molar-refractivity contribution < 1.29 is 23.8 Å². The van der Waals surface area contributed by atoms with Crippen LogP contribution in [0.15, 0.2) is 42.5 Å². The van der Waals surface area contributed by atoms with Crippen LogP contribution in [0.3, 0.4) is 0 Å². The van der Waals surface area contributed by atoms with Crippen LogP contribution in [0.4, 0.5) is 0 Å². The van der Waals surface area contributed by atoms with E-state index in [4.69, 9.17) is 14.2 Å². The van der Waals surface area contributed by atoms with Gasteiger partial charge in [0.15, 0.2) is 11.5 Å². The number of aromatic amines is 1. The minimum Gasteiger partial charge on any atom is -0.493 e. The first-order valence-electron chi connectivity index (χ1n) is 12.6. The Hall–Kier alpha value is -3.52. The van der Waals surface area contributed by atoms with Crippen LogP contribution in [0.5, 0.6) is 11.5 Å². The second-order valence-electron chi connectivity index (χ2n) is 9.41. The molecule has 1 fully saturated rings. The molecule has 36 heavy (non-hydrogen) atoms. The minimum atomic E-state index is -0.185. The molecule has 0 spiro atoms. The van der Waals surface area contributed by atoms with Gasteiger partial charge in [0.2, 0.25) is 11.8 Å². The molecule has 3 aromatic rings. The third-order valence-electron chi connectivity index (χ3n) is 6.96. The summed E-state index contributed by atoms with van der Waals surface area (Å²) in [5.41, 5.74) is 4.49. The number of amides is 2. The molecule has 1 unspecified atom stereocenters. The van der Waals surface area contributed by atoms with Gasteiger partial charge in [-0.3, -0.25) is 9.59 Å². The van der Waals surface area contributed by atoms with E-state index >= 15 is 0 Å². The van der Waals surface area contributed by atoms with Gasteiger partial charge in [0.05, 0.1) is 32.8 Å². The highest BCUT2D eigenvalue weighted by molar-refractivity contribution is 5.87. The maximum Gasteiger partial charge on any atom is 0.239 e. The fourth-order valence-electron chi connectivity index (χ4n) is 5.09. The van der Waals surface area contributed by atoms with Crippen LogP contribution in [0.25, 0.3) is 10.9 Å². The number of hydrogen-bond acceptors (Lipinski definition) is 5. The molecule has 2 bridgehead atoms. The number of benzene rings is 2. The molecule has 3 heterocycles. The lowest BCUT2D eigenvalue weighted by atomic mass is 10.0. The lowest BCUT2D eigenvalue weighted by molar-refractivity contribution is -0.139. The van der Waals surface area contributed by atoms with Crippen LogP contribution in [0, 0.1) is 5.92 Å². The van der Waals surface area contributed by atoms with E-state index in [9.17, 15) is 9.59 Å². The van der Waals surface area contributed by atoms with Gasteiger partial charge in [-0.25, -0.2) is 0 Å². The molecule has 8 heteroatoms. The van der Waals surface area contributed by atoms with Gasteiger partial charge in [0.1, 0.15) is 0 Å². The summed E-state index contributed by atoms with van der Waals surface area (Å²) in [5, 5.41) is 4.19. The summed E-state index contributed by atoms with van der Waals surface area (Å²) in [4.78, 5) is 31.2. The number of nitrogens with one attached hydrogen (secondary N) is 2. The number of aromatic nitrogens is 1. The van der Waals surface area contributed by atoms with Gasteiger partial charge in [-0.1, -0.05) is 24.3 Å². The number of hydrogen-bond donors (Lipinski definition) is 2. The second kappa shape index (κ2) is 11.0. The number of methoxy groups -OCH3 is 1. The van der Waals surface area contributed by atoms with E-state index in [0.29, 0.717) is 70.1 Å². The molecule has 2 amide bonds. The number of para-hydroxylation sites is 1. The summed E-state index contributed by atoms with van der Waals surface area (Å²) < 4.78 is 17.0. The lowest BCUT2D eigenvalue weighted by Gasteiger charge is -2.25. The summed E-state index contributed by atoms with van der Waals surface area (Å²) >= 11 is 0. The highest BCUT2D eigenvalue weighted by Crippen LogP contribution is 2.31. The van der Waals surface area contributed by atoms with Gasteiger partial charge in [-0.15, -0.1) is 0 Å². The molecule has 2 N–H and O–H groups in total. The molecule has 0 aliphatic carbocycles. The van der Waals surface area contributed by atoms with Crippen LogP contribution < -0.4 is 14.8 Å². The molecule has 0 saturated carbocycles. The molecule has 1 aromatic heterocycles. The van der Waals surface area contributed by atoms with Crippen molar-refractivity contribution in [1.29, 1.82) is 0 Å². The van der Waals surface area contributed by atoms with Crippen LogP contribution in [-0.2, 0) is 27.2 Å². The summed E-state index contributed by atoms with van der Waals surface area (Å²) in [6.45, 7) is 2.39. The van der Waals surface area contributed by atoms with Crippen molar-refractivity contribution in [2.75, 3.05) is 46.6 Å². The van der Waals surface area contributed by atoms with E-state index in [1.165, 1.54) is 5.56 Å². The van der Waals surface area contributed by atoms with Crippen LogP contribution in [0.2, 0.25) is 0 Å². The van der Waals surface area contributed by atoms with Crippen molar-refractivity contribution in [3.05, 3.63) is 59.3 Å². The standard InChI is InChI=1S/C28H33N3O5/c1-34-25-8-7-19-15-24-22(21-5-2-3-6-23(21)30-24)9-11-29-27(32)17-31(12-4-13-36-26(25)16-19)28(33)20-10-14-35-18-20/h2-3,5-8,16,20,30H,4,9-15,17-18H2,1H3,(H,29,32). The van der Waals surface area contributed by atoms with Crippen molar-refractivity contribution >= 4 is 22.7 Å². The van der Waals surface area contributed by atoms with Crippen molar-refractivity contribution in [3.8, 4) is 11.5 Å². The Kier molecular flexibility index (Phi) is 7.41. The van der Waals surface area contributed by atoms with Crippen molar-refractivity contribution in [2.24, 2.45) is 5.92 Å². The highest BCUT2D eigenvalue weighted by Gasteiger charge is 2.29. The van der Waals surface area contributed by atoms with Crippen LogP contribution in [0.1, 0.15) is 29.7 Å². The summed E-state index contributed by atoms with van der Waals surface area (Å²) in [7, 11) is 1.63. The molecular weight excluding hydrogens is 458 g/mol. The minimum absolute atomic E-state index is 0.0257. The fraction of sp³-hybridized carbons (Fsp3) is 0.429. The average molecular weight is 492 g/mol. The predicted molar refractivity (Wildman–Crippen MR) is 136 cm³/mol. The topological polar surface area (TPSA) is 92.9 Å². The molecule has 1 atom stereocenters. The normalized spacial score (nSPS) is 19.4. The average Bonchev–Trinajstić information content (AvgIpc) is 3.54. The van der Waals surface area contributed by atoms with Crippen LogP contribution in [-0.4, -0.2) is 68.3 Å². The maximum absolute atomic E-state index is 13.1. The Bertz CT molecular complexity index is 1230. The zero-order valence-electron chi connectivity index (χ0n) is 20.7. The fourth-order valence-corrected chi connectivity index (χ4v) is 5.09. The largest absolute Gasteiger partial charge is 0.493 e. The zero-order chi connectivity index (χ0) is 24.9. The molecule has 2 aliphatic heterocycles. The van der Waals surface area contributed by atoms with E-state index < -0.39 is 0 Å². The molecule has 190 valence electrons. The smallest absolute Gasteiger partial charge is 0.239 e. The molecule has 8 nitrogen and oxygen atoms in total. The number of rotatable bonds is 2. The van der Waals surface area contributed by atoms with E-state index in [2.05, 4.69) is 28.5 Å². The van der Waals surface area contributed by atoms with Crippen LogP contribution >= 0.6 is 0 Å². The number of H-pyrrole nitrogens is 1. The Morgan fingerprint density at radius 3 is 2.89 bits per heavy atom. The molecule has 0 radical (unpaired) electrons. The first-order valence-corrected chi connectivity index (χ1v) is 12.6. The molecule has 1 saturated heterocycles. The van der Waals surface area contributed by atoms with E-state index in [-0.39, 0.29) is 24.3 Å². The van der Waals surface area contributed by atoms with E-state index in [1.807, 2.05) is 24.3 Å².